The summed E-state index contributed by atoms with van der Waals surface area (Å²) in [4.78, 5) is 13.5. The molecule has 2 aromatic rings. The van der Waals surface area contributed by atoms with Crippen LogP contribution in [0.4, 0.5) is 0 Å². The highest BCUT2D eigenvalue weighted by molar-refractivity contribution is 9.10. The summed E-state index contributed by atoms with van der Waals surface area (Å²) >= 11 is 3.40. The maximum atomic E-state index is 11.9. The van der Waals surface area contributed by atoms with Crippen LogP contribution in [-0.4, -0.2) is 33.3 Å². The van der Waals surface area contributed by atoms with Crippen molar-refractivity contribution < 1.29 is 4.79 Å². The Hall–Kier alpha value is -1.69. The third kappa shape index (κ3) is 2.91. The normalized spacial score (nSPS) is 10.2. The molecule has 0 atom stereocenters. The van der Waals surface area contributed by atoms with Crippen molar-refractivity contribution in [2.75, 3.05) is 7.05 Å². The first kappa shape index (κ1) is 11.8. The standard InChI is InChI=1S/C11H11BrN4O/c1-16(11(17)10-6-13-15-14-10)7-8-3-2-4-9(12)5-8/h2-6H,7H2,1H3,(H,13,14,15). The Bertz CT molecular complexity index is 512. The van der Waals surface area contributed by atoms with E-state index >= 15 is 0 Å². The lowest BCUT2D eigenvalue weighted by Crippen LogP contribution is -2.26. The summed E-state index contributed by atoms with van der Waals surface area (Å²) in [5, 5.41) is 9.80. The number of hydrogen-bond donors (Lipinski definition) is 1. The number of amides is 1. The molecular weight excluding hydrogens is 284 g/mol. The third-order valence-electron chi connectivity index (χ3n) is 2.29. The lowest BCUT2D eigenvalue weighted by atomic mass is 10.2. The van der Waals surface area contributed by atoms with Crippen LogP contribution in [0.5, 0.6) is 0 Å². The van der Waals surface area contributed by atoms with Crippen molar-refractivity contribution in [2.24, 2.45) is 0 Å². The number of carbonyl (C=O) groups excluding carboxylic acids is 1. The molecule has 6 heteroatoms. The predicted octanol–water partition coefficient (Wildman–Crippen LogP) is 1.84. The van der Waals surface area contributed by atoms with Crippen molar-refractivity contribution in [3.63, 3.8) is 0 Å². The number of nitrogens with one attached hydrogen (secondary N) is 1. The molecular formula is C11H11BrN4O. The maximum Gasteiger partial charge on any atom is 0.276 e. The van der Waals surface area contributed by atoms with Crippen LogP contribution in [-0.2, 0) is 6.54 Å². The molecule has 1 aromatic carbocycles. The van der Waals surface area contributed by atoms with Gasteiger partial charge in [0.2, 0.25) is 0 Å². The van der Waals surface area contributed by atoms with Crippen molar-refractivity contribution >= 4 is 21.8 Å². The van der Waals surface area contributed by atoms with Gasteiger partial charge in [0.25, 0.3) is 5.91 Å². The molecule has 0 saturated carbocycles. The average molecular weight is 295 g/mol. The van der Waals surface area contributed by atoms with Crippen molar-refractivity contribution in [2.45, 2.75) is 6.54 Å². The number of carbonyl (C=O) groups is 1. The van der Waals surface area contributed by atoms with Crippen LogP contribution in [0.1, 0.15) is 16.1 Å². The van der Waals surface area contributed by atoms with Crippen LogP contribution in [0.25, 0.3) is 0 Å². The maximum absolute atomic E-state index is 11.9. The Labute approximate surface area is 107 Å². The number of aromatic amines is 1. The predicted molar refractivity (Wildman–Crippen MR) is 66.3 cm³/mol. The molecule has 1 aromatic heterocycles. The topological polar surface area (TPSA) is 61.9 Å². The fourth-order valence-electron chi connectivity index (χ4n) is 1.48. The van der Waals surface area contributed by atoms with Crippen molar-refractivity contribution in [1.29, 1.82) is 0 Å². The van der Waals surface area contributed by atoms with Gasteiger partial charge in [-0.05, 0) is 17.7 Å². The zero-order valence-electron chi connectivity index (χ0n) is 9.22. The number of halogens is 1. The second-order valence-corrected chi connectivity index (χ2v) is 4.56. The summed E-state index contributed by atoms with van der Waals surface area (Å²) in [6.45, 7) is 0.533. The van der Waals surface area contributed by atoms with Crippen LogP contribution >= 0.6 is 15.9 Å². The van der Waals surface area contributed by atoms with E-state index in [0.717, 1.165) is 10.0 Å². The molecule has 0 aliphatic heterocycles. The second-order valence-electron chi connectivity index (χ2n) is 3.65. The summed E-state index contributed by atoms with van der Waals surface area (Å²) < 4.78 is 0.997. The van der Waals surface area contributed by atoms with E-state index in [4.69, 9.17) is 0 Å². The molecule has 5 nitrogen and oxygen atoms in total. The molecule has 1 heterocycles. The van der Waals surface area contributed by atoms with Gasteiger partial charge in [0.1, 0.15) is 0 Å². The van der Waals surface area contributed by atoms with E-state index < -0.39 is 0 Å². The Morgan fingerprint density at radius 2 is 2.35 bits per heavy atom. The van der Waals surface area contributed by atoms with Crippen LogP contribution < -0.4 is 0 Å². The van der Waals surface area contributed by atoms with Gasteiger partial charge < -0.3 is 4.90 Å². The number of hydrogen-bond acceptors (Lipinski definition) is 3. The molecule has 0 aliphatic carbocycles. The highest BCUT2D eigenvalue weighted by Gasteiger charge is 2.14. The number of aromatic nitrogens is 3. The average Bonchev–Trinajstić information content (AvgIpc) is 2.81. The summed E-state index contributed by atoms with van der Waals surface area (Å²) in [5.74, 6) is -0.154. The summed E-state index contributed by atoms with van der Waals surface area (Å²) in [6, 6.07) is 7.83. The van der Waals surface area contributed by atoms with Gasteiger partial charge in [0, 0.05) is 18.1 Å². The molecule has 88 valence electrons. The lowest BCUT2D eigenvalue weighted by Gasteiger charge is -2.15. The van der Waals surface area contributed by atoms with Gasteiger partial charge >= 0.3 is 0 Å². The molecule has 0 fully saturated rings. The molecule has 0 bridgehead atoms. The molecule has 0 aliphatic rings. The number of benzene rings is 1. The monoisotopic (exact) mass is 294 g/mol. The third-order valence-corrected chi connectivity index (χ3v) is 2.78. The van der Waals surface area contributed by atoms with Gasteiger partial charge in [-0.3, -0.25) is 4.79 Å². The second kappa shape index (κ2) is 5.09. The molecule has 17 heavy (non-hydrogen) atoms. The van der Waals surface area contributed by atoms with Gasteiger partial charge in [0.15, 0.2) is 5.69 Å². The first-order valence-corrected chi connectivity index (χ1v) is 5.82. The molecule has 1 N–H and O–H groups in total. The minimum absolute atomic E-state index is 0.154. The largest absolute Gasteiger partial charge is 0.336 e. The van der Waals surface area contributed by atoms with Crippen LogP contribution in [0.2, 0.25) is 0 Å². The van der Waals surface area contributed by atoms with Crippen LogP contribution in [0.3, 0.4) is 0 Å². The zero-order valence-corrected chi connectivity index (χ0v) is 10.8. The van der Waals surface area contributed by atoms with E-state index in [0.29, 0.717) is 12.2 Å². The van der Waals surface area contributed by atoms with E-state index in [1.54, 1.807) is 11.9 Å². The van der Waals surface area contributed by atoms with Gasteiger partial charge in [-0.25, -0.2) is 0 Å². The lowest BCUT2D eigenvalue weighted by molar-refractivity contribution is 0.0779. The van der Waals surface area contributed by atoms with Gasteiger partial charge in [-0.2, -0.15) is 15.4 Å². The first-order valence-electron chi connectivity index (χ1n) is 5.02. The molecule has 1 amide bonds. The van der Waals surface area contributed by atoms with Gasteiger partial charge in [0.05, 0.1) is 6.20 Å². The van der Waals surface area contributed by atoms with E-state index in [1.807, 2.05) is 24.3 Å². The molecule has 0 radical (unpaired) electrons. The summed E-state index contributed by atoms with van der Waals surface area (Å²) in [7, 11) is 1.73. The highest BCUT2D eigenvalue weighted by Crippen LogP contribution is 2.13. The molecule has 0 unspecified atom stereocenters. The fourth-order valence-corrected chi connectivity index (χ4v) is 1.93. The number of nitrogens with zero attached hydrogens (tertiary/aromatic N) is 3. The van der Waals surface area contributed by atoms with E-state index in [1.165, 1.54) is 6.20 Å². The number of H-pyrrole nitrogens is 1. The van der Waals surface area contributed by atoms with Gasteiger partial charge in [-0.15, -0.1) is 0 Å². The molecule has 0 spiro atoms. The molecule has 2 rings (SSSR count). The van der Waals surface area contributed by atoms with Crippen molar-refractivity contribution in [1.82, 2.24) is 20.3 Å². The van der Waals surface area contributed by atoms with Crippen LogP contribution in [0.15, 0.2) is 34.9 Å². The van der Waals surface area contributed by atoms with Crippen LogP contribution in [0, 0.1) is 0 Å². The molecule has 0 saturated heterocycles. The fraction of sp³-hybridized carbons (Fsp3) is 0.182. The SMILES string of the molecule is CN(Cc1cccc(Br)c1)C(=O)c1cn[nH]n1. The minimum Gasteiger partial charge on any atom is -0.336 e. The smallest absolute Gasteiger partial charge is 0.276 e. The highest BCUT2D eigenvalue weighted by atomic mass is 79.9. The number of rotatable bonds is 3. The minimum atomic E-state index is -0.154. The van der Waals surface area contributed by atoms with E-state index in [-0.39, 0.29) is 5.91 Å². The summed E-state index contributed by atoms with van der Waals surface area (Å²) in [5.41, 5.74) is 1.38. The Balaban J connectivity index is 2.07. The van der Waals surface area contributed by atoms with Crippen molar-refractivity contribution in [3.05, 3.63) is 46.2 Å². The first-order chi connectivity index (χ1) is 8.16. The van der Waals surface area contributed by atoms with Crippen molar-refractivity contribution in [3.8, 4) is 0 Å². The van der Waals surface area contributed by atoms with E-state index in [2.05, 4.69) is 31.3 Å². The quantitative estimate of drug-likeness (QED) is 0.940. The zero-order chi connectivity index (χ0) is 12.3. The Kier molecular flexibility index (Phi) is 3.53. The Morgan fingerprint density at radius 3 is 3.00 bits per heavy atom. The Morgan fingerprint density at radius 1 is 1.53 bits per heavy atom. The van der Waals surface area contributed by atoms with Gasteiger partial charge in [-0.1, -0.05) is 28.1 Å². The van der Waals surface area contributed by atoms with E-state index in [9.17, 15) is 4.79 Å². The summed E-state index contributed by atoms with van der Waals surface area (Å²) in [6.07, 6.45) is 1.42.